The van der Waals surface area contributed by atoms with Crippen LogP contribution in [0, 0.1) is 0 Å². The molecule has 3 rings (SSSR count). The van der Waals surface area contributed by atoms with Gasteiger partial charge < -0.3 is 14.8 Å². The first kappa shape index (κ1) is 18.7. The van der Waals surface area contributed by atoms with E-state index < -0.39 is 0 Å². The summed E-state index contributed by atoms with van der Waals surface area (Å²) in [6, 6.07) is 14.6. The van der Waals surface area contributed by atoms with Crippen molar-refractivity contribution in [1.82, 2.24) is 4.98 Å². The Morgan fingerprint density at radius 3 is 2.44 bits per heavy atom. The lowest BCUT2D eigenvalue weighted by Gasteiger charge is -2.12. The number of carbonyl (C=O) groups is 1. The van der Waals surface area contributed by atoms with Crippen molar-refractivity contribution in [3.8, 4) is 11.5 Å². The molecule has 0 unspecified atom stereocenters. The van der Waals surface area contributed by atoms with Crippen molar-refractivity contribution in [3.63, 3.8) is 0 Å². The quantitative estimate of drug-likeness (QED) is 0.606. The SMILES string of the molecule is CCCOc1ccc(C(=O)Nc2ccc(OCCC)c3ncccc23)cc1. The van der Waals surface area contributed by atoms with Gasteiger partial charge in [-0.25, -0.2) is 0 Å². The van der Waals surface area contributed by atoms with Gasteiger partial charge in [0.2, 0.25) is 0 Å². The molecule has 0 fully saturated rings. The second-order valence-electron chi connectivity index (χ2n) is 6.19. The number of ether oxygens (including phenoxy) is 2. The van der Waals surface area contributed by atoms with E-state index in [0.29, 0.717) is 24.5 Å². The highest BCUT2D eigenvalue weighted by atomic mass is 16.5. The van der Waals surface area contributed by atoms with Crippen LogP contribution in [0.25, 0.3) is 10.9 Å². The highest BCUT2D eigenvalue weighted by Crippen LogP contribution is 2.30. The molecule has 3 aromatic rings. The van der Waals surface area contributed by atoms with Crippen LogP contribution < -0.4 is 14.8 Å². The number of carbonyl (C=O) groups excluding carboxylic acids is 1. The second kappa shape index (κ2) is 9.03. The highest BCUT2D eigenvalue weighted by molar-refractivity contribution is 6.09. The van der Waals surface area contributed by atoms with Gasteiger partial charge in [-0.1, -0.05) is 13.8 Å². The third-order valence-corrected chi connectivity index (χ3v) is 4.03. The molecule has 0 aliphatic heterocycles. The van der Waals surface area contributed by atoms with Crippen molar-refractivity contribution in [2.45, 2.75) is 26.7 Å². The summed E-state index contributed by atoms with van der Waals surface area (Å²) in [5.74, 6) is 1.31. The average molecular weight is 364 g/mol. The van der Waals surface area contributed by atoms with Crippen LogP contribution in [0.2, 0.25) is 0 Å². The fraction of sp³-hybridized carbons (Fsp3) is 0.273. The maximum absolute atomic E-state index is 12.6. The molecule has 1 amide bonds. The number of pyridine rings is 1. The average Bonchev–Trinajstić information content (AvgIpc) is 2.72. The van der Waals surface area contributed by atoms with E-state index in [0.717, 1.165) is 35.2 Å². The van der Waals surface area contributed by atoms with Gasteiger partial charge in [0.1, 0.15) is 17.0 Å². The van der Waals surface area contributed by atoms with E-state index in [9.17, 15) is 4.79 Å². The largest absolute Gasteiger partial charge is 0.494 e. The van der Waals surface area contributed by atoms with E-state index in [4.69, 9.17) is 9.47 Å². The lowest BCUT2D eigenvalue weighted by Crippen LogP contribution is -2.12. The zero-order valence-corrected chi connectivity index (χ0v) is 15.7. The summed E-state index contributed by atoms with van der Waals surface area (Å²) in [5, 5.41) is 3.82. The van der Waals surface area contributed by atoms with E-state index >= 15 is 0 Å². The van der Waals surface area contributed by atoms with E-state index in [2.05, 4.69) is 24.1 Å². The van der Waals surface area contributed by atoms with Gasteiger partial charge >= 0.3 is 0 Å². The van der Waals surface area contributed by atoms with Gasteiger partial charge in [0, 0.05) is 17.1 Å². The second-order valence-corrected chi connectivity index (χ2v) is 6.19. The van der Waals surface area contributed by atoms with Gasteiger partial charge in [-0.15, -0.1) is 0 Å². The van der Waals surface area contributed by atoms with Crippen molar-refractivity contribution in [3.05, 3.63) is 60.3 Å². The molecule has 0 spiro atoms. The highest BCUT2D eigenvalue weighted by Gasteiger charge is 2.12. The summed E-state index contributed by atoms with van der Waals surface area (Å²) in [5.41, 5.74) is 2.02. The summed E-state index contributed by atoms with van der Waals surface area (Å²) >= 11 is 0. The lowest BCUT2D eigenvalue weighted by atomic mass is 10.1. The smallest absolute Gasteiger partial charge is 0.255 e. The summed E-state index contributed by atoms with van der Waals surface area (Å²) in [6.07, 6.45) is 3.59. The summed E-state index contributed by atoms with van der Waals surface area (Å²) < 4.78 is 11.3. The minimum atomic E-state index is -0.176. The topological polar surface area (TPSA) is 60.5 Å². The zero-order chi connectivity index (χ0) is 19.1. The van der Waals surface area contributed by atoms with Crippen LogP contribution in [0.5, 0.6) is 11.5 Å². The Balaban J connectivity index is 1.80. The fourth-order valence-corrected chi connectivity index (χ4v) is 2.70. The van der Waals surface area contributed by atoms with Gasteiger partial charge in [0.25, 0.3) is 5.91 Å². The summed E-state index contributed by atoms with van der Waals surface area (Å²) in [4.78, 5) is 17.1. The first-order chi connectivity index (χ1) is 13.2. The maximum atomic E-state index is 12.6. The molecule has 1 aromatic heterocycles. The first-order valence-electron chi connectivity index (χ1n) is 9.27. The summed E-state index contributed by atoms with van der Waals surface area (Å²) in [6.45, 7) is 5.41. The Labute approximate surface area is 159 Å². The number of amides is 1. The molecule has 0 aliphatic carbocycles. The van der Waals surface area contributed by atoms with Gasteiger partial charge in [-0.3, -0.25) is 9.78 Å². The van der Waals surface area contributed by atoms with E-state index in [1.54, 1.807) is 18.3 Å². The molecule has 0 aliphatic rings. The van der Waals surface area contributed by atoms with E-state index in [1.165, 1.54) is 0 Å². The van der Waals surface area contributed by atoms with Crippen molar-refractivity contribution in [1.29, 1.82) is 0 Å². The van der Waals surface area contributed by atoms with Gasteiger partial charge in [0.15, 0.2) is 0 Å². The van der Waals surface area contributed by atoms with Crippen LogP contribution in [-0.2, 0) is 0 Å². The standard InChI is InChI=1S/C22H24N2O3/c1-3-14-26-17-9-7-16(8-10-17)22(25)24-19-11-12-20(27-15-4-2)21-18(19)6-5-13-23-21/h5-13H,3-4,14-15H2,1-2H3,(H,24,25). The normalized spacial score (nSPS) is 10.6. The van der Waals surface area contributed by atoms with Crippen molar-refractivity contribution < 1.29 is 14.3 Å². The maximum Gasteiger partial charge on any atom is 0.255 e. The number of hydrogen-bond acceptors (Lipinski definition) is 4. The Morgan fingerprint density at radius 2 is 1.70 bits per heavy atom. The molecule has 27 heavy (non-hydrogen) atoms. The Kier molecular flexibility index (Phi) is 6.26. The van der Waals surface area contributed by atoms with Crippen LogP contribution in [0.15, 0.2) is 54.7 Å². The van der Waals surface area contributed by atoms with Crippen molar-refractivity contribution in [2.75, 3.05) is 18.5 Å². The Hall–Kier alpha value is -3.08. The van der Waals surface area contributed by atoms with Crippen molar-refractivity contribution >= 4 is 22.5 Å². The number of anilines is 1. The van der Waals surface area contributed by atoms with Crippen LogP contribution in [0.3, 0.4) is 0 Å². The molecule has 1 N–H and O–H groups in total. The molecule has 0 atom stereocenters. The zero-order valence-electron chi connectivity index (χ0n) is 15.7. The van der Waals surface area contributed by atoms with E-state index in [-0.39, 0.29) is 5.91 Å². The summed E-state index contributed by atoms with van der Waals surface area (Å²) in [7, 11) is 0. The number of nitrogens with one attached hydrogen (secondary N) is 1. The van der Waals surface area contributed by atoms with Crippen LogP contribution >= 0.6 is 0 Å². The fourth-order valence-electron chi connectivity index (χ4n) is 2.70. The minimum absolute atomic E-state index is 0.176. The monoisotopic (exact) mass is 364 g/mol. The van der Waals surface area contributed by atoms with Gasteiger partial charge in [0.05, 0.1) is 18.9 Å². The number of fused-ring (bicyclic) bond motifs is 1. The lowest BCUT2D eigenvalue weighted by molar-refractivity contribution is 0.102. The first-order valence-corrected chi connectivity index (χ1v) is 9.27. The van der Waals surface area contributed by atoms with Gasteiger partial charge in [-0.05, 0) is 61.4 Å². The molecule has 5 heteroatoms. The Bertz CT molecular complexity index is 907. The molecular weight excluding hydrogens is 340 g/mol. The number of aromatic nitrogens is 1. The third kappa shape index (κ3) is 4.56. The number of nitrogens with zero attached hydrogens (tertiary/aromatic N) is 1. The molecule has 0 saturated heterocycles. The van der Waals surface area contributed by atoms with Gasteiger partial charge in [-0.2, -0.15) is 0 Å². The Morgan fingerprint density at radius 1 is 0.963 bits per heavy atom. The third-order valence-electron chi connectivity index (χ3n) is 4.03. The minimum Gasteiger partial charge on any atom is -0.494 e. The van der Waals surface area contributed by atoms with E-state index in [1.807, 2.05) is 36.4 Å². The number of rotatable bonds is 8. The van der Waals surface area contributed by atoms with Crippen molar-refractivity contribution in [2.24, 2.45) is 0 Å². The molecule has 140 valence electrons. The van der Waals surface area contributed by atoms with Crippen LogP contribution in [0.4, 0.5) is 5.69 Å². The van der Waals surface area contributed by atoms with Crippen LogP contribution in [-0.4, -0.2) is 24.1 Å². The molecule has 2 aromatic carbocycles. The number of hydrogen-bond donors (Lipinski definition) is 1. The molecule has 0 saturated carbocycles. The van der Waals surface area contributed by atoms with Crippen LogP contribution in [0.1, 0.15) is 37.0 Å². The molecule has 0 bridgehead atoms. The predicted octanol–water partition coefficient (Wildman–Crippen LogP) is 5.06. The molecular formula is C22H24N2O3. The molecule has 0 radical (unpaired) electrons. The number of benzene rings is 2. The molecule has 5 nitrogen and oxygen atoms in total. The molecule has 1 heterocycles. The predicted molar refractivity (Wildman–Crippen MR) is 108 cm³/mol.